The van der Waals surface area contributed by atoms with Gasteiger partial charge in [-0.1, -0.05) is 20.8 Å². The minimum Gasteiger partial charge on any atom is -0.362 e. The molecule has 0 unspecified atom stereocenters. The lowest BCUT2D eigenvalue weighted by Gasteiger charge is -2.20. The second kappa shape index (κ2) is 2.65. The number of aryl methyl sites for hydroxylation is 2. The van der Waals surface area contributed by atoms with Gasteiger partial charge in [0.2, 0.25) is 0 Å². The minimum absolute atomic E-state index is 0.263. The van der Waals surface area contributed by atoms with E-state index in [1.54, 1.807) is 0 Å². The molecule has 68 valence electrons. The van der Waals surface area contributed by atoms with E-state index in [0.717, 1.165) is 0 Å². The number of aromatic amines is 1. The van der Waals surface area contributed by atoms with E-state index >= 15 is 0 Å². The van der Waals surface area contributed by atoms with Crippen LogP contribution >= 0.6 is 0 Å². The Morgan fingerprint density at radius 3 is 1.58 bits per heavy atom. The van der Waals surface area contributed by atoms with Gasteiger partial charge in [0, 0.05) is 11.4 Å². The zero-order chi connectivity index (χ0) is 9.52. The van der Waals surface area contributed by atoms with Gasteiger partial charge in [-0.15, -0.1) is 0 Å². The quantitative estimate of drug-likeness (QED) is 0.607. The maximum atomic E-state index is 3.38. The van der Waals surface area contributed by atoms with Crippen LogP contribution in [-0.2, 0) is 5.41 Å². The van der Waals surface area contributed by atoms with E-state index < -0.39 is 0 Å². The maximum absolute atomic E-state index is 3.38. The summed E-state index contributed by atoms with van der Waals surface area (Å²) in [6.07, 6.45) is 0. The summed E-state index contributed by atoms with van der Waals surface area (Å²) in [5, 5.41) is 0. The van der Waals surface area contributed by atoms with Crippen molar-refractivity contribution in [2.24, 2.45) is 0 Å². The number of hydrogen-bond acceptors (Lipinski definition) is 0. The lowest BCUT2D eigenvalue weighted by Crippen LogP contribution is -2.13. The highest BCUT2D eigenvalue weighted by atomic mass is 14.7. The summed E-state index contributed by atoms with van der Waals surface area (Å²) in [6.45, 7) is 13.3. The molecular weight excluding hydrogens is 146 g/mol. The van der Waals surface area contributed by atoms with Crippen molar-refractivity contribution in [2.75, 3.05) is 0 Å². The van der Waals surface area contributed by atoms with Crippen molar-refractivity contribution in [2.45, 2.75) is 47.0 Å². The zero-order valence-electron chi connectivity index (χ0n) is 9.00. The molecule has 0 saturated carbocycles. The second-order valence-corrected chi connectivity index (χ2v) is 4.62. The first-order chi connectivity index (χ1) is 5.34. The molecule has 0 atom stereocenters. The molecular formula is C11H19N. The molecule has 0 amide bonds. The Morgan fingerprint density at radius 2 is 1.42 bits per heavy atom. The zero-order valence-corrected chi connectivity index (χ0v) is 9.00. The summed E-state index contributed by atoms with van der Waals surface area (Å²) < 4.78 is 0. The summed E-state index contributed by atoms with van der Waals surface area (Å²) in [4.78, 5) is 3.38. The molecule has 0 bridgehead atoms. The normalized spacial score (nSPS) is 12.2. The monoisotopic (exact) mass is 165 g/mol. The van der Waals surface area contributed by atoms with Crippen LogP contribution < -0.4 is 0 Å². The topological polar surface area (TPSA) is 15.8 Å². The van der Waals surface area contributed by atoms with E-state index in [1.807, 2.05) is 0 Å². The van der Waals surface area contributed by atoms with Gasteiger partial charge < -0.3 is 4.98 Å². The van der Waals surface area contributed by atoms with Crippen LogP contribution in [0.1, 0.15) is 43.3 Å². The van der Waals surface area contributed by atoms with Crippen molar-refractivity contribution in [3.63, 3.8) is 0 Å². The summed E-state index contributed by atoms with van der Waals surface area (Å²) >= 11 is 0. The Morgan fingerprint density at radius 1 is 0.917 bits per heavy atom. The van der Waals surface area contributed by atoms with Gasteiger partial charge in [0.1, 0.15) is 0 Å². The Balaban J connectivity index is 3.32. The summed E-state index contributed by atoms with van der Waals surface area (Å²) in [5.74, 6) is 0. The van der Waals surface area contributed by atoms with Crippen molar-refractivity contribution in [3.05, 3.63) is 22.5 Å². The molecule has 1 nitrogen and oxygen atoms in total. The van der Waals surface area contributed by atoms with E-state index in [0.29, 0.717) is 0 Å². The number of nitrogens with one attached hydrogen (secondary N) is 1. The SMILES string of the molecule is Cc1[nH]c(C)c(C(C)(C)C)c1C. The molecule has 0 spiro atoms. The van der Waals surface area contributed by atoms with Crippen LogP contribution in [-0.4, -0.2) is 4.98 Å². The van der Waals surface area contributed by atoms with Crippen LogP contribution in [0.25, 0.3) is 0 Å². The highest BCUT2D eigenvalue weighted by Crippen LogP contribution is 2.30. The number of H-pyrrole nitrogens is 1. The first-order valence-electron chi connectivity index (χ1n) is 4.50. The lowest BCUT2D eigenvalue weighted by atomic mass is 9.84. The van der Waals surface area contributed by atoms with Gasteiger partial charge in [0.25, 0.3) is 0 Å². The second-order valence-electron chi connectivity index (χ2n) is 4.62. The van der Waals surface area contributed by atoms with Crippen molar-refractivity contribution in [1.82, 2.24) is 4.98 Å². The molecule has 0 saturated heterocycles. The molecule has 0 aliphatic rings. The van der Waals surface area contributed by atoms with Gasteiger partial charge in [-0.25, -0.2) is 0 Å². The fraction of sp³-hybridized carbons (Fsp3) is 0.636. The van der Waals surface area contributed by atoms with Crippen molar-refractivity contribution in [1.29, 1.82) is 0 Å². The molecule has 12 heavy (non-hydrogen) atoms. The van der Waals surface area contributed by atoms with Crippen LogP contribution in [0.5, 0.6) is 0 Å². The average Bonchev–Trinajstić information content (AvgIpc) is 2.05. The predicted molar refractivity (Wildman–Crippen MR) is 53.7 cm³/mol. The largest absolute Gasteiger partial charge is 0.362 e. The Hall–Kier alpha value is -0.720. The fourth-order valence-corrected chi connectivity index (χ4v) is 2.03. The van der Waals surface area contributed by atoms with Gasteiger partial charge in [-0.05, 0) is 37.3 Å². The van der Waals surface area contributed by atoms with E-state index in [-0.39, 0.29) is 5.41 Å². The molecule has 1 heteroatoms. The van der Waals surface area contributed by atoms with Crippen LogP contribution in [0.3, 0.4) is 0 Å². The highest BCUT2D eigenvalue weighted by molar-refractivity contribution is 5.39. The first-order valence-corrected chi connectivity index (χ1v) is 4.50. The Bertz CT molecular complexity index is 287. The van der Waals surface area contributed by atoms with Gasteiger partial charge in [0.05, 0.1) is 0 Å². The standard InChI is InChI=1S/C11H19N/c1-7-8(2)12-9(3)10(7)11(4,5)6/h12H,1-6H3. The number of aromatic nitrogens is 1. The van der Waals surface area contributed by atoms with E-state index in [9.17, 15) is 0 Å². The summed E-state index contributed by atoms with van der Waals surface area (Å²) in [6, 6.07) is 0. The molecule has 1 rings (SSSR count). The lowest BCUT2D eigenvalue weighted by molar-refractivity contribution is 0.583. The summed E-state index contributed by atoms with van der Waals surface area (Å²) in [7, 11) is 0. The molecule has 0 aliphatic heterocycles. The third kappa shape index (κ3) is 1.40. The van der Waals surface area contributed by atoms with Crippen molar-refractivity contribution in [3.8, 4) is 0 Å². The molecule has 0 radical (unpaired) electrons. The van der Waals surface area contributed by atoms with Gasteiger partial charge in [-0.2, -0.15) is 0 Å². The molecule has 0 aliphatic carbocycles. The molecule has 0 aromatic carbocycles. The molecule has 1 N–H and O–H groups in total. The fourth-order valence-electron chi connectivity index (χ4n) is 2.03. The molecule has 1 heterocycles. The highest BCUT2D eigenvalue weighted by Gasteiger charge is 2.21. The third-order valence-corrected chi connectivity index (χ3v) is 2.44. The predicted octanol–water partition coefficient (Wildman–Crippen LogP) is 3.24. The van der Waals surface area contributed by atoms with Crippen LogP contribution in [0.4, 0.5) is 0 Å². The smallest absolute Gasteiger partial charge is 0.0158 e. The number of rotatable bonds is 0. The van der Waals surface area contributed by atoms with E-state index in [2.05, 4.69) is 46.5 Å². The van der Waals surface area contributed by atoms with Gasteiger partial charge in [0.15, 0.2) is 0 Å². The Kier molecular flexibility index (Phi) is 2.07. The Labute approximate surface area is 75.2 Å². The van der Waals surface area contributed by atoms with E-state index in [1.165, 1.54) is 22.5 Å². The van der Waals surface area contributed by atoms with Crippen molar-refractivity contribution >= 4 is 0 Å². The minimum atomic E-state index is 0.263. The van der Waals surface area contributed by atoms with Crippen molar-refractivity contribution < 1.29 is 0 Å². The molecule has 0 fully saturated rings. The summed E-state index contributed by atoms with van der Waals surface area (Å²) in [5.41, 5.74) is 5.77. The van der Waals surface area contributed by atoms with Crippen LogP contribution in [0, 0.1) is 20.8 Å². The maximum Gasteiger partial charge on any atom is 0.0158 e. The molecule has 1 aromatic rings. The number of hydrogen-bond donors (Lipinski definition) is 1. The average molecular weight is 165 g/mol. The molecule has 1 aromatic heterocycles. The third-order valence-electron chi connectivity index (χ3n) is 2.44. The van der Waals surface area contributed by atoms with E-state index in [4.69, 9.17) is 0 Å². The van der Waals surface area contributed by atoms with Crippen LogP contribution in [0.2, 0.25) is 0 Å². The van der Waals surface area contributed by atoms with Gasteiger partial charge >= 0.3 is 0 Å². The first kappa shape index (κ1) is 9.37. The van der Waals surface area contributed by atoms with Crippen LogP contribution in [0.15, 0.2) is 0 Å². The van der Waals surface area contributed by atoms with Gasteiger partial charge in [-0.3, -0.25) is 0 Å².